The van der Waals surface area contributed by atoms with E-state index >= 15 is 0 Å². The summed E-state index contributed by atoms with van der Waals surface area (Å²) in [5, 5.41) is 7.95. The van der Waals surface area contributed by atoms with Crippen molar-refractivity contribution in [3.05, 3.63) is 16.4 Å². The molecule has 5 heteroatoms. The molecule has 0 unspecified atom stereocenters. The minimum absolute atomic E-state index is 0.0760. The maximum atomic E-state index is 11.8. The van der Waals surface area contributed by atoms with Gasteiger partial charge in [-0.15, -0.1) is 0 Å². The summed E-state index contributed by atoms with van der Waals surface area (Å²) in [6, 6.07) is 0. The average molecular weight is 272 g/mol. The zero-order valence-corrected chi connectivity index (χ0v) is 12.3. The molecule has 102 valence electrons. The predicted octanol–water partition coefficient (Wildman–Crippen LogP) is 2.71. The lowest BCUT2D eigenvalue weighted by Crippen LogP contribution is -2.32. The van der Waals surface area contributed by atoms with Gasteiger partial charge in [0.1, 0.15) is 0 Å². The summed E-state index contributed by atoms with van der Waals surface area (Å²) in [5.41, 5.74) is 1.73. The van der Waals surface area contributed by atoms with Crippen LogP contribution < -0.4 is 5.32 Å². The zero-order valence-electron chi connectivity index (χ0n) is 11.6. The van der Waals surface area contributed by atoms with Gasteiger partial charge in [0.15, 0.2) is 0 Å². The molecule has 0 bridgehead atoms. The summed E-state index contributed by atoms with van der Waals surface area (Å²) < 4.78 is 1.81. The van der Waals surface area contributed by atoms with Crippen LogP contribution >= 0.6 is 11.6 Å². The Labute approximate surface area is 114 Å². The Hall–Kier alpha value is -1.03. The molecule has 18 heavy (non-hydrogen) atoms. The first-order chi connectivity index (χ1) is 8.47. The molecule has 0 spiro atoms. The normalized spacial score (nSPS) is 12.5. The quantitative estimate of drug-likeness (QED) is 0.809. The van der Waals surface area contributed by atoms with E-state index in [1.165, 1.54) is 0 Å². The van der Waals surface area contributed by atoms with Crippen LogP contribution in [0.1, 0.15) is 38.1 Å². The van der Waals surface area contributed by atoms with E-state index in [2.05, 4.69) is 17.3 Å². The molecule has 0 fully saturated rings. The Bertz CT molecular complexity index is 415. The number of halogens is 1. The molecule has 1 heterocycles. The second kappa shape index (κ2) is 6.78. The highest BCUT2D eigenvalue weighted by atomic mass is 35.5. The van der Waals surface area contributed by atoms with Crippen molar-refractivity contribution in [2.75, 3.05) is 6.54 Å². The van der Waals surface area contributed by atoms with E-state index in [0.717, 1.165) is 30.8 Å². The standard InChI is InChI=1S/C13H22ClN3O/c1-5-6-7-15-13(18)9(2)8-17-11(4)12(14)10(3)16-17/h9H,5-8H2,1-4H3,(H,15,18)/t9-/m0/s1. The number of carbonyl (C=O) groups is 1. The van der Waals surface area contributed by atoms with Crippen LogP contribution in [0.5, 0.6) is 0 Å². The highest BCUT2D eigenvalue weighted by Gasteiger charge is 2.16. The second-order valence-electron chi connectivity index (χ2n) is 4.71. The van der Waals surface area contributed by atoms with Gasteiger partial charge in [-0.05, 0) is 20.3 Å². The van der Waals surface area contributed by atoms with Gasteiger partial charge in [-0.3, -0.25) is 9.48 Å². The van der Waals surface area contributed by atoms with E-state index in [0.29, 0.717) is 11.6 Å². The Balaban J connectivity index is 2.55. The van der Waals surface area contributed by atoms with Crippen molar-refractivity contribution in [3.8, 4) is 0 Å². The summed E-state index contributed by atoms with van der Waals surface area (Å²) in [6.45, 7) is 9.12. The molecule has 1 N–H and O–H groups in total. The van der Waals surface area contributed by atoms with E-state index in [1.807, 2.05) is 25.5 Å². The number of unbranched alkanes of at least 4 members (excludes halogenated alkanes) is 1. The van der Waals surface area contributed by atoms with Crippen molar-refractivity contribution >= 4 is 17.5 Å². The number of nitrogens with zero attached hydrogens (tertiary/aromatic N) is 2. The number of rotatable bonds is 6. The molecule has 0 saturated heterocycles. The van der Waals surface area contributed by atoms with Gasteiger partial charge in [-0.2, -0.15) is 5.10 Å². The number of amides is 1. The third-order valence-electron chi connectivity index (χ3n) is 3.02. The smallest absolute Gasteiger partial charge is 0.224 e. The zero-order chi connectivity index (χ0) is 13.7. The molecule has 0 saturated carbocycles. The lowest BCUT2D eigenvalue weighted by atomic mass is 10.1. The fourth-order valence-corrected chi connectivity index (χ4v) is 1.89. The van der Waals surface area contributed by atoms with Gasteiger partial charge in [-0.1, -0.05) is 31.9 Å². The highest BCUT2D eigenvalue weighted by molar-refractivity contribution is 6.31. The molecule has 1 amide bonds. The first-order valence-corrected chi connectivity index (χ1v) is 6.82. The number of nitrogens with one attached hydrogen (secondary N) is 1. The van der Waals surface area contributed by atoms with Crippen molar-refractivity contribution in [3.63, 3.8) is 0 Å². The van der Waals surface area contributed by atoms with Crippen molar-refractivity contribution in [2.24, 2.45) is 5.92 Å². The van der Waals surface area contributed by atoms with Gasteiger partial charge in [-0.25, -0.2) is 0 Å². The van der Waals surface area contributed by atoms with Crippen LogP contribution in [0.25, 0.3) is 0 Å². The molecule has 1 aromatic heterocycles. The molecule has 1 atom stereocenters. The maximum Gasteiger partial charge on any atom is 0.224 e. The molecule has 0 aliphatic rings. The number of hydrogen-bond donors (Lipinski definition) is 1. The van der Waals surface area contributed by atoms with Crippen LogP contribution in [0.3, 0.4) is 0 Å². The van der Waals surface area contributed by atoms with Gasteiger partial charge in [0.05, 0.1) is 28.9 Å². The molecular weight excluding hydrogens is 250 g/mol. The van der Waals surface area contributed by atoms with Crippen LogP contribution in [0.15, 0.2) is 0 Å². The fourth-order valence-electron chi connectivity index (χ4n) is 1.76. The molecular formula is C13H22ClN3O. The lowest BCUT2D eigenvalue weighted by Gasteiger charge is -2.13. The van der Waals surface area contributed by atoms with E-state index in [4.69, 9.17) is 11.6 Å². The molecule has 0 aromatic carbocycles. The topological polar surface area (TPSA) is 46.9 Å². The fraction of sp³-hybridized carbons (Fsp3) is 0.692. The Kier molecular flexibility index (Phi) is 5.66. The predicted molar refractivity (Wildman–Crippen MR) is 73.8 cm³/mol. The van der Waals surface area contributed by atoms with Crippen molar-refractivity contribution in [2.45, 2.75) is 47.1 Å². The summed E-state index contributed by atoms with van der Waals surface area (Å²) in [4.78, 5) is 11.8. The van der Waals surface area contributed by atoms with Gasteiger partial charge in [0.25, 0.3) is 0 Å². The molecule has 0 aliphatic heterocycles. The number of aromatic nitrogens is 2. The van der Waals surface area contributed by atoms with Crippen LogP contribution in [-0.4, -0.2) is 22.2 Å². The summed E-state index contributed by atoms with van der Waals surface area (Å²) in [5.74, 6) is -0.0250. The maximum absolute atomic E-state index is 11.8. The summed E-state index contributed by atoms with van der Waals surface area (Å²) in [7, 11) is 0. The summed E-state index contributed by atoms with van der Waals surface area (Å²) >= 11 is 6.08. The third-order valence-corrected chi connectivity index (χ3v) is 3.56. The number of carbonyl (C=O) groups excluding carboxylic acids is 1. The van der Waals surface area contributed by atoms with Crippen molar-refractivity contribution < 1.29 is 4.79 Å². The Morgan fingerprint density at radius 1 is 1.50 bits per heavy atom. The monoisotopic (exact) mass is 271 g/mol. The third kappa shape index (κ3) is 3.73. The Morgan fingerprint density at radius 2 is 2.17 bits per heavy atom. The number of hydrogen-bond acceptors (Lipinski definition) is 2. The first-order valence-electron chi connectivity index (χ1n) is 6.44. The minimum atomic E-state index is -0.101. The first kappa shape index (κ1) is 15.0. The van der Waals surface area contributed by atoms with E-state index < -0.39 is 0 Å². The van der Waals surface area contributed by atoms with Gasteiger partial charge < -0.3 is 5.32 Å². The highest BCUT2D eigenvalue weighted by Crippen LogP contribution is 2.19. The SMILES string of the molecule is CCCCNC(=O)[C@@H](C)Cn1nc(C)c(Cl)c1C. The van der Waals surface area contributed by atoms with Crippen LogP contribution in [0, 0.1) is 19.8 Å². The van der Waals surface area contributed by atoms with E-state index in [1.54, 1.807) is 0 Å². The van der Waals surface area contributed by atoms with E-state index in [-0.39, 0.29) is 11.8 Å². The van der Waals surface area contributed by atoms with Gasteiger partial charge >= 0.3 is 0 Å². The Morgan fingerprint density at radius 3 is 2.67 bits per heavy atom. The molecule has 1 rings (SSSR count). The average Bonchev–Trinajstić information content (AvgIpc) is 2.57. The van der Waals surface area contributed by atoms with Crippen LogP contribution in [0.4, 0.5) is 0 Å². The van der Waals surface area contributed by atoms with Crippen molar-refractivity contribution in [1.82, 2.24) is 15.1 Å². The molecule has 1 aromatic rings. The molecule has 0 radical (unpaired) electrons. The summed E-state index contributed by atoms with van der Waals surface area (Å²) in [6.07, 6.45) is 2.10. The number of aryl methyl sites for hydroxylation is 1. The molecule has 0 aliphatic carbocycles. The lowest BCUT2D eigenvalue weighted by molar-refractivity contribution is -0.124. The minimum Gasteiger partial charge on any atom is -0.356 e. The second-order valence-corrected chi connectivity index (χ2v) is 5.09. The van der Waals surface area contributed by atoms with Crippen LogP contribution in [-0.2, 0) is 11.3 Å². The van der Waals surface area contributed by atoms with Gasteiger partial charge in [0.2, 0.25) is 5.91 Å². The van der Waals surface area contributed by atoms with Crippen LogP contribution in [0.2, 0.25) is 5.02 Å². The molecule has 4 nitrogen and oxygen atoms in total. The van der Waals surface area contributed by atoms with E-state index in [9.17, 15) is 4.79 Å². The van der Waals surface area contributed by atoms with Crippen molar-refractivity contribution in [1.29, 1.82) is 0 Å². The largest absolute Gasteiger partial charge is 0.356 e. The van der Waals surface area contributed by atoms with Gasteiger partial charge in [0, 0.05) is 6.54 Å².